The molecule has 0 saturated heterocycles. The van der Waals surface area contributed by atoms with Gasteiger partial charge in [0.1, 0.15) is 23.9 Å². The van der Waals surface area contributed by atoms with Crippen molar-refractivity contribution in [1.29, 1.82) is 0 Å². The summed E-state index contributed by atoms with van der Waals surface area (Å²) in [5.41, 5.74) is 3.12. The minimum atomic E-state index is -4.98. The van der Waals surface area contributed by atoms with Crippen LogP contribution < -0.4 is 39.4 Å². The van der Waals surface area contributed by atoms with Crippen LogP contribution in [0.5, 0.6) is 0 Å². The van der Waals surface area contributed by atoms with E-state index in [1.54, 1.807) is 24.1 Å². The number of benzene rings is 1. The minimum absolute atomic E-state index is 0. The van der Waals surface area contributed by atoms with E-state index in [0.29, 0.717) is 24.1 Å². The fourth-order valence-corrected chi connectivity index (χ4v) is 4.02. The molecule has 0 bridgehead atoms. The summed E-state index contributed by atoms with van der Waals surface area (Å²) in [6.07, 6.45) is 5.06. The second-order valence-electron chi connectivity index (χ2n) is 7.97. The molecule has 35 heavy (non-hydrogen) atoms. The second kappa shape index (κ2) is 11.2. The number of pyridine rings is 1. The van der Waals surface area contributed by atoms with Crippen LogP contribution in [0.3, 0.4) is 0 Å². The van der Waals surface area contributed by atoms with Crippen molar-refractivity contribution in [1.82, 2.24) is 9.88 Å². The monoisotopic (exact) mass is 507 g/mol. The van der Waals surface area contributed by atoms with E-state index in [2.05, 4.69) is 9.51 Å². The van der Waals surface area contributed by atoms with Crippen molar-refractivity contribution in [2.75, 3.05) is 18.7 Å². The molecule has 0 aliphatic carbocycles. The van der Waals surface area contributed by atoms with Crippen LogP contribution in [0, 0.1) is 6.92 Å². The van der Waals surface area contributed by atoms with Gasteiger partial charge in [0.25, 0.3) is 7.82 Å². The number of carbonyl (C=O) groups excluding carboxylic acids is 2. The van der Waals surface area contributed by atoms with Gasteiger partial charge in [-0.3, -0.25) is 23.6 Å². The van der Waals surface area contributed by atoms with Gasteiger partial charge in [-0.1, -0.05) is 18.2 Å². The Balaban J connectivity index is 0.00000342. The molecular formula is C23H23N3NaO7P. The first-order valence-corrected chi connectivity index (χ1v) is 12.0. The van der Waals surface area contributed by atoms with Crippen molar-refractivity contribution in [2.24, 2.45) is 0 Å². The van der Waals surface area contributed by atoms with Crippen LogP contribution in [-0.2, 0) is 31.6 Å². The summed E-state index contributed by atoms with van der Waals surface area (Å²) in [5, 5.41) is 1.02. The van der Waals surface area contributed by atoms with Crippen molar-refractivity contribution in [2.45, 2.75) is 26.3 Å². The summed E-state index contributed by atoms with van der Waals surface area (Å²) in [6, 6.07) is 9.48. The maximum absolute atomic E-state index is 12.6. The predicted molar refractivity (Wildman–Crippen MR) is 122 cm³/mol. The van der Waals surface area contributed by atoms with Crippen molar-refractivity contribution >= 4 is 42.5 Å². The molecule has 0 saturated carbocycles. The van der Waals surface area contributed by atoms with Crippen LogP contribution in [0.4, 0.5) is 5.82 Å². The molecule has 2 aromatic heterocycles. The summed E-state index contributed by atoms with van der Waals surface area (Å²) in [6.45, 7) is 1.62. The molecule has 1 N–H and O–H groups in total. The van der Waals surface area contributed by atoms with Gasteiger partial charge in [-0.05, 0) is 42.7 Å². The molecule has 1 aliphatic rings. The molecule has 1 unspecified atom stereocenters. The summed E-state index contributed by atoms with van der Waals surface area (Å²) in [4.78, 5) is 51.3. The number of nitrogens with zero attached hydrogens (tertiary/aromatic N) is 3. The Hall–Kier alpha value is -2.30. The fourth-order valence-electron chi connectivity index (χ4n) is 3.76. The first-order valence-electron chi connectivity index (χ1n) is 10.5. The summed E-state index contributed by atoms with van der Waals surface area (Å²) >= 11 is 0. The van der Waals surface area contributed by atoms with E-state index < -0.39 is 14.6 Å². The molecule has 0 radical (unpaired) electrons. The second-order valence-corrected chi connectivity index (χ2v) is 9.17. The van der Waals surface area contributed by atoms with E-state index in [0.717, 1.165) is 27.2 Å². The third-order valence-electron chi connectivity index (χ3n) is 5.60. The number of rotatable bonds is 7. The van der Waals surface area contributed by atoms with Crippen LogP contribution in [-0.4, -0.2) is 40.4 Å². The van der Waals surface area contributed by atoms with Crippen LogP contribution >= 0.6 is 7.82 Å². The zero-order chi connectivity index (χ0) is 24.5. The number of hydrogen-bond donors (Lipinski definition) is 1. The van der Waals surface area contributed by atoms with Crippen LogP contribution in [0.25, 0.3) is 17.0 Å². The first kappa shape index (κ1) is 27.3. The zero-order valence-corrected chi connectivity index (χ0v) is 22.5. The summed E-state index contributed by atoms with van der Waals surface area (Å²) in [5.74, 6) is 0.385. The van der Waals surface area contributed by atoms with Gasteiger partial charge in [-0.2, -0.15) is 0 Å². The molecular weight excluding hydrogens is 484 g/mol. The molecule has 0 fully saturated rings. The number of hydrogen-bond acceptors (Lipinski definition) is 7. The molecule has 1 aliphatic heterocycles. The first-order chi connectivity index (χ1) is 16.1. The van der Waals surface area contributed by atoms with E-state index in [1.807, 2.05) is 31.2 Å². The largest absolute Gasteiger partial charge is 1.00 e. The van der Waals surface area contributed by atoms with Gasteiger partial charge < -0.3 is 19.1 Å². The smallest absolute Gasteiger partial charge is 0.756 e. The van der Waals surface area contributed by atoms with E-state index in [-0.39, 0.29) is 53.6 Å². The van der Waals surface area contributed by atoms with Crippen molar-refractivity contribution in [3.8, 4) is 0 Å². The number of aromatic nitrogens is 1. The van der Waals surface area contributed by atoms with Gasteiger partial charge in [0.2, 0.25) is 11.8 Å². The molecule has 1 aromatic carbocycles. The summed E-state index contributed by atoms with van der Waals surface area (Å²) < 4.78 is 21.1. The van der Waals surface area contributed by atoms with E-state index in [9.17, 15) is 19.0 Å². The number of carbonyl (C=O) groups is 2. The Morgan fingerprint density at radius 3 is 2.83 bits per heavy atom. The SMILES string of the molecule is Cc1c(CN(C)C(=O)/C=C/c2cnc3c(c2)CCC(=O)N3COP(=O)([O-])O)oc2ccccc12.[Na+]. The maximum Gasteiger partial charge on any atom is 1.00 e. The van der Waals surface area contributed by atoms with Gasteiger partial charge in [-0.15, -0.1) is 0 Å². The van der Waals surface area contributed by atoms with Crippen LogP contribution in [0.15, 0.2) is 47.0 Å². The Morgan fingerprint density at radius 1 is 1.37 bits per heavy atom. The standard InChI is InChI=1S/C23H24N3O7P.Na/c1-15-18-5-3-4-6-19(18)33-20(15)13-25(2)21(27)9-7-16-11-17-8-10-22(28)26(23(17)24-12-16)14-32-34(29,30)31;/h3-7,9,11-12H,8,10,13-14H2,1-2H3,(H2,29,30,31);/q;+1/p-1/b9-7+;. The number of para-hydroxylation sites is 1. The maximum atomic E-state index is 12.6. The number of phosphoric ester groups is 1. The third kappa shape index (κ3) is 6.48. The van der Waals surface area contributed by atoms with E-state index in [1.165, 1.54) is 12.3 Å². The minimum Gasteiger partial charge on any atom is -0.756 e. The number of phosphoric acid groups is 1. The van der Waals surface area contributed by atoms with Gasteiger partial charge in [-0.25, -0.2) is 4.98 Å². The number of amides is 2. The normalized spacial score (nSPS) is 15.1. The topological polar surface area (TPSA) is 136 Å². The molecule has 1 atom stereocenters. The zero-order valence-electron chi connectivity index (χ0n) is 19.6. The van der Waals surface area contributed by atoms with Crippen molar-refractivity contribution < 1.29 is 62.4 Å². The molecule has 2 amide bonds. The average Bonchev–Trinajstić information content (AvgIpc) is 3.11. The third-order valence-corrected chi connectivity index (χ3v) is 6.04. The summed E-state index contributed by atoms with van der Waals surface area (Å²) in [7, 11) is -3.30. The molecule has 10 nitrogen and oxygen atoms in total. The number of likely N-dealkylation sites (N-methyl/N-ethyl adjacent to an activating group) is 1. The van der Waals surface area contributed by atoms with Gasteiger partial charge >= 0.3 is 29.6 Å². The predicted octanol–water partition coefficient (Wildman–Crippen LogP) is -0.474. The van der Waals surface area contributed by atoms with Crippen molar-refractivity contribution in [3.05, 3.63) is 65.1 Å². The Bertz CT molecular complexity index is 1330. The van der Waals surface area contributed by atoms with Crippen LogP contribution in [0.1, 0.15) is 28.9 Å². The van der Waals surface area contributed by atoms with Gasteiger partial charge in [0.15, 0.2) is 0 Å². The Kier molecular flexibility index (Phi) is 8.72. The Morgan fingerprint density at radius 2 is 2.11 bits per heavy atom. The Labute approximate surface area is 224 Å². The molecule has 12 heteroatoms. The molecule has 3 aromatic rings. The number of furan rings is 1. The van der Waals surface area contributed by atoms with Crippen LogP contribution in [0.2, 0.25) is 0 Å². The molecule has 178 valence electrons. The molecule has 3 heterocycles. The quantitative estimate of drug-likeness (QED) is 0.258. The number of fused-ring (bicyclic) bond motifs is 2. The van der Waals surface area contributed by atoms with Gasteiger partial charge in [0.05, 0.1) is 6.54 Å². The van der Waals surface area contributed by atoms with Gasteiger partial charge in [0, 0.05) is 36.7 Å². The molecule has 4 rings (SSSR count). The fraction of sp³-hybridized carbons (Fsp3) is 0.261. The van der Waals surface area contributed by atoms with Crippen molar-refractivity contribution in [3.63, 3.8) is 0 Å². The number of aryl methyl sites for hydroxylation is 2. The molecule has 0 spiro atoms. The van der Waals surface area contributed by atoms with E-state index >= 15 is 0 Å². The average molecular weight is 507 g/mol. The van der Waals surface area contributed by atoms with E-state index in [4.69, 9.17) is 9.31 Å². The number of anilines is 1.